The molecule has 0 saturated carbocycles. The topological polar surface area (TPSA) is 60.0 Å². The maximum Gasteiger partial charge on any atom is 0.307 e. The number of aliphatic carboxylic acids is 1. The third-order valence-corrected chi connectivity index (χ3v) is 4.71. The molecule has 0 radical (unpaired) electrons. The molecule has 2 heterocycles. The molecule has 142 valence electrons. The molecule has 7 heteroatoms. The summed E-state index contributed by atoms with van der Waals surface area (Å²) < 4.78 is 32.3. The Kier molecular flexibility index (Phi) is 4.43. The van der Waals surface area contributed by atoms with E-state index in [2.05, 4.69) is 5.10 Å². The van der Waals surface area contributed by atoms with Crippen molar-refractivity contribution in [1.82, 2.24) is 14.3 Å². The van der Waals surface area contributed by atoms with E-state index >= 15 is 0 Å². The Balaban J connectivity index is 1.72. The van der Waals surface area contributed by atoms with Gasteiger partial charge in [0.25, 0.3) is 0 Å². The Morgan fingerprint density at radius 3 is 2.57 bits per heavy atom. The summed E-state index contributed by atoms with van der Waals surface area (Å²) >= 11 is 0. The molecular formula is C21H17F2N3O2. The fourth-order valence-corrected chi connectivity index (χ4v) is 3.43. The monoisotopic (exact) mass is 381 g/mol. The average Bonchev–Trinajstić information content (AvgIpc) is 3.21. The van der Waals surface area contributed by atoms with Gasteiger partial charge in [0.15, 0.2) is 0 Å². The highest BCUT2D eigenvalue weighted by Crippen LogP contribution is 2.27. The van der Waals surface area contributed by atoms with Crippen LogP contribution in [0, 0.1) is 11.6 Å². The van der Waals surface area contributed by atoms with Crippen LogP contribution in [0.25, 0.3) is 22.0 Å². The first kappa shape index (κ1) is 17.9. The minimum Gasteiger partial charge on any atom is -0.481 e. The molecule has 0 spiro atoms. The van der Waals surface area contributed by atoms with E-state index in [1.54, 1.807) is 59.2 Å². The molecule has 0 atom stereocenters. The number of aromatic nitrogens is 3. The van der Waals surface area contributed by atoms with Gasteiger partial charge in [-0.1, -0.05) is 18.2 Å². The molecular weight excluding hydrogens is 364 g/mol. The van der Waals surface area contributed by atoms with Gasteiger partial charge in [0.05, 0.1) is 24.7 Å². The largest absolute Gasteiger partial charge is 0.481 e. The molecule has 0 unspecified atom stereocenters. The molecule has 0 aliphatic carbocycles. The molecule has 1 N–H and O–H groups in total. The minimum absolute atomic E-state index is 0.165. The van der Waals surface area contributed by atoms with E-state index in [0.717, 1.165) is 5.56 Å². The molecule has 0 amide bonds. The van der Waals surface area contributed by atoms with E-state index in [1.165, 1.54) is 12.1 Å². The molecule has 4 aromatic rings. The van der Waals surface area contributed by atoms with Crippen molar-refractivity contribution in [3.63, 3.8) is 0 Å². The van der Waals surface area contributed by atoms with Crippen LogP contribution in [0.4, 0.5) is 8.78 Å². The number of carboxylic acid groups (broad SMARTS) is 1. The van der Waals surface area contributed by atoms with E-state index in [-0.39, 0.29) is 24.2 Å². The second kappa shape index (κ2) is 6.92. The first-order chi connectivity index (χ1) is 13.4. The Bertz CT molecular complexity index is 1190. The number of halogens is 2. The smallest absolute Gasteiger partial charge is 0.307 e. The number of fused-ring (bicyclic) bond motifs is 1. The zero-order valence-corrected chi connectivity index (χ0v) is 15.1. The van der Waals surface area contributed by atoms with Gasteiger partial charge >= 0.3 is 5.97 Å². The van der Waals surface area contributed by atoms with E-state index < -0.39 is 11.8 Å². The van der Waals surface area contributed by atoms with Gasteiger partial charge in [0, 0.05) is 36.0 Å². The van der Waals surface area contributed by atoms with Crippen molar-refractivity contribution in [3.05, 3.63) is 77.8 Å². The van der Waals surface area contributed by atoms with E-state index in [1.807, 2.05) is 0 Å². The highest BCUT2D eigenvalue weighted by Gasteiger charge is 2.16. The Hall–Kier alpha value is -3.48. The van der Waals surface area contributed by atoms with Gasteiger partial charge in [-0.15, -0.1) is 0 Å². The lowest BCUT2D eigenvalue weighted by molar-refractivity contribution is -0.136. The van der Waals surface area contributed by atoms with Gasteiger partial charge in [0.1, 0.15) is 11.6 Å². The maximum atomic E-state index is 14.7. The molecule has 0 aliphatic heterocycles. The molecule has 0 fully saturated rings. The zero-order chi connectivity index (χ0) is 19.8. The number of benzene rings is 2. The van der Waals surface area contributed by atoms with E-state index in [9.17, 15) is 13.6 Å². The number of carbonyl (C=O) groups is 1. The molecule has 0 bridgehead atoms. The van der Waals surface area contributed by atoms with Crippen LogP contribution in [0.1, 0.15) is 11.1 Å². The van der Waals surface area contributed by atoms with Crippen molar-refractivity contribution in [2.75, 3.05) is 0 Å². The summed E-state index contributed by atoms with van der Waals surface area (Å²) in [6, 6.07) is 9.48. The molecule has 0 aliphatic rings. The fraction of sp³-hybridized carbons (Fsp3) is 0.143. The summed E-state index contributed by atoms with van der Waals surface area (Å²) in [4.78, 5) is 11.1. The zero-order valence-electron chi connectivity index (χ0n) is 15.1. The Morgan fingerprint density at radius 1 is 1.07 bits per heavy atom. The van der Waals surface area contributed by atoms with Crippen molar-refractivity contribution in [2.45, 2.75) is 13.0 Å². The van der Waals surface area contributed by atoms with Crippen molar-refractivity contribution in [3.8, 4) is 11.1 Å². The predicted molar refractivity (Wildman–Crippen MR) is 101 cm³/mol. The van der Waals surface area contributed by atoms with Gasteiger partial charge in [-0.25, -0.2) is 8.78 Å². The summed E-state index contributed by atoms with van der Waals surface area (Å²) in [5.74, 6) is -1.92. The lowest BCUT2D eigenvalue weighted by Crippen LogP contribution is -2.02. The molecule has 2 aromatic heterocycles. The van der Waals surface area contributed by atoms with Gasteiger partial charge in [-0.3, -0.25) is 9.48 Å². The van der Waals surface area contributed by atoms with Gasteiger partial charge in [0.2, 0.25) is 0 Å². The first-order valence-electron chi connectivity index (χ1n) is 8.68. The number of nitrogens with zero attached hydrogens (tertiary/aromatic N) is 3. The maximum absolute atomic E-state index is 14.7. The molecule has 2 aromatic carbocycles. The highest BCUT2D eigenvalue weighted by molar-refractivity contribution is 5.88. The van der Waals surface area contributed by atoms with E-state index in [4.69, 9.17) is 5.11 Å². The van der Waals surface area contributed by atoms with E-state index in [0.29, 0.717) is 22.2 Å². The summed E-state index contributed by atoms with van der Waals surface area (Å²) in [6.45, 7) is 0.165. The summed E-state index contributed by atoms with van der Waals surface area (Å²) in [6.07, 6.45) is 4.74. The summed E-state index contributed by atoms with van der Waals surface area (Å²) in [5, 5.41) is 13.5. The molecule has 5 nitrogen and oxygen atoms in total. The Labute approximate surface area is 159 Å². The standard InChI is InChI=1S/C21H17F2N3O2/c1-25-10-16(9-24-25)13-5-6-14(18(23)7-13)11-26-12-15(8-20(27)28)21-17(22)3-2-4-19(21)26/h2-7,9-10,12H,8,11H2,1H3,(H,27,28). The summed E-state index contributed by atoms with van der Waals surface area (Å²) in [5.41, 5.74) is 2.85. The highest BCUT2D eigenvalue weighted by atomic mass is 19.1. The molecule has 0 saturated heterocycles. The molecule has 28 heavy (non-hydrogen) atoms. The average molecular weight is 381 g/mol. The molecule has 4 rings (SSSR count). The number of rotatable bonds is 5. The normalized spacial score (nSPS) is 11.2. The summed E-state index contributed by atoms with van der Waals surface area (Å²) in [7, 11) is 1.79. The number of hydrogen-bond donors (Lipinski definition) is 1. The SMILES string of the molecule is Cn1cc(-c2ccc(Cn3cc(CC(=O)O)c4c(F)cccc43)c(F)c2)cn1. The van der Waals surface area contributed by atoms with Crippen LogP contribution in [0.5, 0.6) is 0 Å². The lowest BCUT2D eigenvalue weighted by atomic mass is 10.1. The second-order valence-corrected chi connectivity index (χ2v) is 6.70. The third-order valence-electron chi connectivity index (χ3n) is 4.71. The third kappa shape index (κ3) is 3.26. The van der Waals surface area contributed by atoms with Crippen LogP contribution in [0.15, 0.2) is 55.0 Å². The lowest BCUT2D eigenvalue weighted by Gasteiger charge is -2.08. The van der Waals surface area contributed by atoms with Crippen LogP contribution in [-0.4, -0.2) is 25.4 Å². The van der Waals surface area contributed by atoms with Crippen molar-refractivity contribution in [2.24, 2.45) is 7.05 Å². The van der Waals surface area contributed by atoms with Gasteiger partial charge in [-0.05, 0) is 29.3 Å². The second-order valence-electron chi connectivity index (χ2n) is 6.70. The van der Waals surface area contributed by atoms with Crippen molar-refractivity contribution < 1.29 is 18.7 Å². The van der Waals surface area contributed by atoms with Crippen molar-refractivity contribution >= 4 is 16.9 Å². The fourth-order valence-electron chi connectivity index (χ4n) is 3.43. The quantitative estimate of drug-likeness (QED) is 0.569. The van der Waals surface area contributed by atoms with Crippen LogP contribution < -0.4 is 0 Å². The predicted octanol–water partition coefficient (Wildman–Crippen LogP) is 4.00. The number of carboxylic acids is 1. The Morgan fingerprint density at radius 2 is 1.89 bits per heavy atom. The van der Waals surface area contributed by atoms with Crippen LogP contribution in [-0.2, 0) is 24.8 Å². The van der Waals surface area contributed by atoms with Gasteiger partial charge < -0.3 is 9.67 Å². The van der Waals surface area contributed by atoms with Gasteiger partial charge in [-0.2, -0.15) is 5.10 Å². The van der Waals surface area contributed by atoms with Crippen LogP contribution in [0.2, 0.25) is 0 Å². The van der Waals surface area contributed by atoms with Crippen LogP contribution >= 0.6 is 0 Å². The number of hydrogen-bond acceptors (Lipinski definition) is 2. The van der Waals surface area contributed by atoms with Crippen molar-refractivity contribution in [1.29, 1.82) is 0 Å². The first-order valence-corrected chi connectivity index (χ1v) is 8.68. The van der Waals surface area contributed by atoms with Crippen LogP contribution in [0.3, 0.4) is 0 Å². The minimum atomic E-state index is -1.05. The number of aryl methyl sites for hydroxylation is 1.